The minimum absolute atomic E-state index is 0.0854. The number of likely N-dealkylation sites (tertiary alicyclic amines) is 1. The first-order valence-electron chi connectivity index (χ1n) is 5.42. The molecule has 1 atom stereocenters. The first-order chi connectivity index (χ1) is 7.59. The van der Waals surface area contributed by atoms with E-state index in [1.165, 1.54) is 0 Å². The molecule has 0 bridgehead atoms. The van der Waals surface area contributed by atoms with Gasteiger partial charge in [0.15, 0.2) is 0 Å². The highest BCUT2D eigenvalue weighted by Crippen LogP contribution is 2.20. The molecule has 1 aromatic rings. The summed E-state index contributed by atoms with van der Waals surface area (Å²) >= 11 is 0. The Hall–Kier alpha value is -1.55. The molecule has 0 aromatic heterocycles. The van der Waals surface area contributed by atoms with Gasteiger partial charge in [0.1, 0.15) is 0 Å². The average molecular weight is 220 g/mol. The molecular weight excluding hydrogens is 204 g/mol. The van der Waals surface area contributed by atoms with Gasteiger partial charge in [0.25, 0.3) is 5.91 Å². The van der Waals surface area contributed by atoms with Gasteiger partial charge in [0.2, 0.25) is 0 Å². The van der Waals surface area contributed by atoms with E-state index in [0.717, 1.165) is 5.56 Å². The SMILES string of the molecule is Cc1cccc(C(=O)N2CC[C@H](O)C2)c1N. The summed E-state index contributed by atoms with van der Waals surface area (Å²) in [6, 6.07) is 5.44. The number of hydrogen-bond donors (Lipinski definition) is 2. The molecule has 1 aliphatic rings. The van der Waals surface area contributed by atoms with Gasteiger partial charge in [-0.25, -0.2) is 0 Å². The molecule has 2 rings (SSSR count). The molecule has 16 heavy (non-hydrogen) atoms. The smallest absolute Gasteiger partial charge is 0.256 e. The third kappa shape index (κ3) is 1.88. The highest BCUT2D eigenvalue weighted by Gasteiger charge is 2.26. The number of para-hydroxylation sites is 1. The quantitative estimate of drug-likeness (QED) is 0.687. The zero-order valence-electron chi connectivity index (χ0n) is 9.31. The summed E-state index contributed by atoms with van der Waals surface area (Å²) in [4.78, 5) is 13.7. The number of nitrogens with two attached hydrogens (primary N) is 1. The van der Waals surface area contributed by atoms with Crippen LogP contribution in [0.1, 0.15) is 22.3 Å². The summed E-state index contributed by atoms with van der Waals surface area (Å²) in [5.74, 6) is -0.0854. The maximum atomic E-state index is 12.1. The summed E-state index contributed by atoms with van der Waals surface area (Å²) in [6.07, 6.45) is 0.257. The molecule has 0 unspecified atom stereocenters. The first kappa shape index (κ1) is 11.0. The monoisotopic (exact) mass is 220 g/mol. The third-order valence-corrected chi connectivity index (χ3v) is 3.01. The van der Waals surface area contributed by atoms with Crippen molar-refractivity contribution in [3.8, 4) is 0 Å². The predicted molar refractivity (Wildman–Crippen MR) is 62.1 cm³/mol. The van der Waals surface area contributed by atoms with Crippen LogP contribution in [-0.2, 0) is 0 Å². The Bertz CT molecular complexity index is 417. The van der Waals surface area contributed by atoms with Gasteiger partial charge in [-0.1, -0.05) is 12.1 Å². The number of carbonyl (C=O) groups is 1. The topological polar surface area (TPSA) is 66.6 Å². The fourth-order valence-corrected chi connectivity index (χ4v) is 1.96. The molecule has 1 amide bonds. The lowest BCUT2D eigenvalue weighted by molar-refractivity contribution is 0.0766. The Morgan fingerprint density at radius 3 is 2.94 bits per heavy atom. The fraction of sp³-hybridized carbons (Fsp3) is 0.417. The third-order valence-electron chi connectivity index (χ3n) is 3.01. The molecule has 1 heterocycles. The van der Waals surface area contributed by atoms with Crippen LogP contribution in [0.15, 0.2) is 18.2 Å². The predicted octanol–water partition coefficient (Wildman–Crippen LogP) is 0.784. The number of aliphatic hydroxyl groups is 1. The normalized spacial score (nSPS) is 20.1. The van der Waals surface area contributed by atoms with E-state index in [4.69, 9.17) is 5.73 Å². The average Bonchev–Trinajstić information content (AvgIpc) is 2.68. The maximum absolute atomic E-state index is 12.1. The Morgan fingerprint density at radius 2 is 2.31 bits per heavy atom. The second-order valence-corrected chi connectivity index (χ2v) is 4.23. The Morgan fingerprint density at radius 1 is 1.56 bits per heavy atom. The van der Waals surface area contributed by atoms with Crippen molar-refractivity contribution in [2.24, 2.45) is 0 Å². The van der Waals surface area contributed by atoms with E-state index < -0.39 is 6.10 Å². The number of β-amino-alcohol motifs (C(OH)–C–C–N with tert-alkyl or cyclic N) is 1. The number of carbonyl (C=O) groups excluding carboxylic acids is 1. The summed E-state index contributed by atoms with van der Waals surface area (Å²) in [5, 5.41) is 9.39. The zero-order valence-corrected chi connectivity index (χ0v) is 9.31. The molecule has 1 saturated heterocycles. The van der Waals surface area contributed by atoms with E-state index in [-0.39, 0.29) is 5.91 Å². The van der Waals surface area contributed by atoms with Crippen LogP contribution in [0, 0.1) is 6.92 Å². The van der Waals surface area contributed by atoms with E-state index in [0.29, 0.717) is 30.8 Å². The second-order valence-electron chi connectivity index (χ2n) is 4.23. The molecule has 4 heteroatoms. The van der Waals surface area contributed by atoms with Crippen LogP contribution in [0.4, 0.5) is 5.69 Å². The van der Waals surface area contributed by atoms with E-state index >= 15 is 0 Å². The van der Waals surface area contributed by atoms with Crippen molar-refractivity contribution in [1.82, 2.24) is 4.90 Å². The summed E-state index contributed by atoms with van der Waals surface area (Å²) < 4.78 is 0. The summed E-state index contributed by atoms with van der Waals surface area (Å²) in [6.45, 7) is 2.89. The number of nitrogen functional groups attached to an aromatic ring is 1. The van der Waals surface area contributed by atoms with Crippen molar-refractivity contribution in [1.29, 1.82) is 0 Å². The van der Waals surface area contributed by atoms with E-state index in [1.807, 2.05) is 19.1 Å². The molecule has 0 radical (unpaired) electrons. The minimum Gasteiger partial charge on any atom is -0.398 e. The summed E-state index contributed by atoms with van der Waals surface area (Å²) in [7, 11) is 0. The summed E-state index contributed by atoms with van der Waals surface area (Å²) in [5.41, 5.74) is 7.86. The van der Waals surface area contributed by atoms with E-state index in [1.54, 1.807) is 11.0 Å². The van der Waals surface area contributed by atoms with Gasteiger partial charge in [-0.15, -0.1) is 0 Å². The van der Waals surface area contributed by atoms with Gasteiger partial charge in [-0.05, 0) is 25.0 Å². The van der Waals surface area contributed by atoms with Gasteiger partial charge >= 0.3 is 0 Å². The number of hydrogen-bond acceptors (Lipinski definition) is 3. The lowest BCUT2D eigenvalue weighted by Gasteiger charge is -2.17. The highest BCUT2D eigenvalue weighted by molar-refractivity contribution is 5.99. The van der Waals surface area contributed by atoms with Crippen molar-refractivity contribution in [3.05, 3.63) is 29.3 Å². The number of benzene rings is 1. The van der Waals surface area contributed by atoms with Crippen LogP contribution in [0.5, 0.6) is 0 Å². The van der Waals surface area contributed by atoms with Crippen molar-refractivity contribution in [2.45, 2.75) is 19.4 Å². The molecule has 1 fully saturated rings. The number of anilines is 1. The highest BCUT2D eigenvalue weighted by atomic mass is 16.3. The van der Waals surface area contributed by atoms with E-state index in [9.17, 15) is 9.90 Å². The number of amides is 1. The van der Waals surface area contributed by atoms with Crippen LogP contribution in [0.2, 0.25) is 0 Å². The van der Waals surface area contributed by atoms with E-state index in [2.05, 4.69) is 0 Å². The lowest BCUT2D eigenvalue weighted by atomic mass is 10.1. The van der Waals surface area contributed by atoms with Gasteiger partial charge < -0.3 is 15.7 Å². The number of nitrogens with zero attached hydrogens (tertiary/aromatic N) is 1. The fourth-order valence-electron chi connectivity index (χ4n) is 1.96. The molecule has 1 aromatic carbocycles. The molecule has 0 aliphatic carbocycles. The standard InChI is InChI=1S/C12H16N2O2/c1-8-3-2-4-10(11(8)13)12(16)14-6-5-9(15)7-14/h2-4,9,15H,5-7,13H2,1H3/t9-/m0/s1. The van der Waals surface area contributed by atoms with Crippen molar-refractivity contribution in [3.63, 3.8) is 0 Å². The van der Waals surface area contributed by atoms with Gasteiger partial charge in [-0.3, -0.25) is 4.79 Å². The van der Waals surface area contributed by atoms with Crippen LogP contribution >= 0.6 is 0 Å². The van der Waals surface area contributed by atoms with Crippen molar-refractivity contribution in [2.75, 3.05) is 18.8 Å². The van der Waals surface area contributed by atoms with Crippen molar-refractivity contribution >= 4 is 11.6 Å². The molecule has 0 saturated carbocycles. The molecule has 86 valence electrons. The lowest BCUT2D eigenvalue weighted by Crippen LogP contribution is -2.30. The molecular formula is C12H16N2O2. The molecule has 3 N–H and O–H groups in total. The van der Waals surface area contributed by atoms with Crippen LogP contribution in [0.3, 0.4) is 0 Å². The molecule has 4 nitrogen and oxygen atoms in total. The number of aliphatic hydroxyl groups excluding tert-OH is 1. The Kier molecular flexibility index (Phi) is 2.83. The maximum Gasteiger partial charge on any atom is 0.256 e. The van der Waals surface area contributed by atoms with Crippen molar-refractivity contribution < 1.29 is 9.90 Å². The number of aryl methyl sites for hydroxylation is 1. The largest absolute Gasteiger partial charge is 0.398 e. The Labute approximate surface area is 94.7 Å². The van der Waals surface area contributed by atoms with Crippen LogP contribution < -0.4 is 5.73 Å². The Balaban J connectivity index is 2.24. The first-order valence-corrected chi connectivity index (χ1v) is 5.42. The minimum atomic E-state index is -0.394. The van der Waals surface area contributed by atoms with Crippen LogP contribution in [-0.4, -0.2) is 35.1 Å². The molecule has 1 aliphatic heterocycles. The van der Waals surface area contributed by atoms with Gasteiger partial charge in [0.05, 0.1) is 11.7 Å². The zero-order chi connectivity index (χ0) is 11.7. The van der Waals surface area contributed by atoms with Gasteiger partial charge in [0, 0.05) is 18.8 Å². The van der Waals surface area contributed by atoms with Gasteiger partial charge in [-0.2, -0.15) is 0 Å². The second kappa shape index (κ2) is 4.14. The number of rotatable bonds is 1. The van der Waals surface area contributed by atoms with Crippen LogP contribution in [0.25, 0.3) is 0 Å². The molecule has 0 spiro atoms.